The van der Waals surface area contributed by atoms with Gasteiger partial charge in [-0.15, -0.1) is 0 Å². The summed E-state index contributed by atoms with van der Waals surface area (Å²) in [6, 6.07) is 11.9. The van der Waals surface area contributed by atoms with Gasteiger partial charge in [0.05, 0.1) is 25.5 Å². The van der Waals surface area contributed by atoms with Crippen LogP contribution in [0.25, 0.3) is 0 Å². The van der Waals surface area contributed by atoms with Gasteiger partial charge in [-0.2, -0.15) is 0 Å². The van der Waals surface area contributed by atoms with E-state index in [4.69, 9.17) is 4.74 Å². The molecule has 0 aromatic heterocycles. The fraction of sp³-hybridized carbons (Fsp3) is 0.417. The maximum atomic E-state index is 13.2. The van der Waals surface area contributed by atoms with Crippen molar-refractivity contribution < 1.29 is 22.7 Å². The van der Waals surface area contributed by atoms with Crippen molar-refractivity contribution in [2.24, 2.45) is 11.8 Å². The van der Waals surface area contributed by atoms with E-state index in [1.807, 2.05) is 13.0 Å². The second kappa shape index (κ2) is 8.94. The fourth-order valence-electron chi connectivity index (χ4n) is 4.66. The number of rotatable bonds is 7. The molecule has 0 radical (unpaired) electrons. The smallest absolute Gasteiger partial charge is 0.265 e. The lowest BCUT2D eigenvalue weighted by Gasteiger charge is -2.19. The van der Waals surface area contributed by atoms with Gasteiger partial charge in [-0.3, -0.25) is 19.2 Å². The van der Waals surface area contributed by atoms with Crippen LogP contribution < -0.4 is 9.46 Å². The van der Waals surface area contributed by atoms with Crippen molar-refractivity contribution in [1.29, 1.82) is 0 Å². The topological polar surface area (TPSA) is 92.8 Å². The van der Waals surface area contributed by atoms with E-state index in [1.165, 1.54) is 18.1 Å². The number of methoxy groups -OCH3 is 1. The Morgan fingerprint density at radius 3 is 2.31 bits per heavy atom. The minimum Gasteiger partial charge on any atom is -0.495 e. The highest BCUT2D eigenvalue weighted by Gasteiger charge is 2.47. The van der Waals surface area contributed by atoms with Crippen molar-refractivity contribution in [3.05, 3.63) is 53.6 Å². The van der Waals surface area contributed by atoms with E-state index in [0.717, 1.165) is 37.7 Å². The van der Waals surface area contributed by atoms with Crippen LogP contribution >= 0.6 is 0 Å². The van der Waals surface area contributed by atoms with Gasteiger partial charge in [0, 0.05) is 5.69 Å². The molecule has 0 spiro atoms. The Bertz CT molecular complexity index is 1120. The normalized spacial score (nSPS) is 20.9. The van der Waals surface area contributed by atoms with Crippen molar-refractivity contribution in [2.75, 3.05) is 11.8 Å². The summed E-state index contributed by atoms with van der Waals surface area (Å²) >= 11 is 0. The Hall–Kier alpha value is -2.87. The molecule has 2 aliphatic rings. The molecule has 170 valence electrons. The zero-order valence-electron chi connectivity index (χ0n) is 18.3. The molecule has 1 aliphatic carbocycles. The number of ether oxygens (including phenoxy) is 1. The number of carbonyl (C=O) groups excluding carboxylic acids is 2. The van der Waals surface area contributed by atoms with Crippen LogP contribution in [0.5, 0.6) is 5.75 Å². The molecule has 1 aliphatic heterocycles. The number of benzene rings is 2. The molecule has 7 nitrogen and oxygen atoms in total. The Balaban J connectivity index is 1.61. The van der Waals surface area contributed by atoms with Crippen LogP contribution in [0.3, 0.4) is 0 Å². The number of hydrogen-bond donors (Lipinski definition) is 1. The maximum Gasteiger partial charge on any atom is 0.265 e. The second-order valence-corrected chi connectivity index (χ2v) is 10.1. The summed E-state index contributed by atoms with van der Waals surface area (Å²) in [6.07, 6.45) is 4.20. The summed E-state index contributed by atoms with van der Waals surface area (Å²) in [6.45, 7) is 2.06. The molecule has 2 unspecified atom stereocenters. The quantitative estimate of drug-likeness (QED) is 0.641. The van der Waals surface area contributed by atoms with Crippen molar-refractivity contribution in [1.82, 2.24) is 4.90 Å². The van der Waals surface area contributed by atoms with Gasteiger partial charge in [0.25, 0.3) is 10.0 Å². The van der Waals surface area contributed by atoms with E-state index in [1.54, 1.807) is 30.3 Å². The Morgan fingerprint density at radius 2 is 1.69 bits per heavy atom. The van der Waals surface area contributed by atoms with Gasteiger partial charge >= 0.3 is 0 Å². The van der Waals surface area contributed by atoms with Crippen molar-refractivity contribution in [3.63, 3.8) is 0 Å². The zero-order valence-corrected chi connectivity index (χ0v) is 19.2. The number of nitrogens with zero attached hydrogens (tertiary/aromatic N) is 1. The van der Waals surface area contributed by atoms with Crippen LogP contribution in [0.2, 0.25) is 0 Å². The lowest BCUT2D eigenvalue weighted by molar-refractivity contribution is -0.140. The van der Waals surface area contributed by atoms with Crippen LogP contribution in [0.1, 0.15) is 43.7 Å². The number of anilines is 1. The predicted molar refractivity (Wildman–Crippen MR) is 121 cm³/mol. The van der Waals surface area contributed by atoms with E-state index in [-0.39, 0.29) is 40.8 Å². The number of aryl methyl sites for hydroxylation is 1. The molecule has 8 heteroatoms. The number of imide groups is 1. The number of amides is 2. The zero-order chi connectivity index (χ0) is 22.9. The minimum atomic E-state index is -3.95. The molecule has 2 atom stereocenters. The number of likely N-dealkylation sites (tertiary alicyclic amines) is 1. The van der Waals surface area contributed by atoms with E-state index < -0.39 is 10.0 Å². The van der Waals surface area contributed by atoms with E-state index in [2.05, 4.69) is 4.72 Å². The highest BCUT2D eigenvalue weighted by Crippen LogP contribution is 2.39. The SMILES string of the molecule is CCc1cccc(NS(=O)(=O)c2cc(CN3C(=O)C4CCCCC4C3=O)ccc2OC)c1. The molecule has 2 fully saturated rings. The third kappa shape index (κ3) is 4.24. The molecule has 1 saturated carbocycles. The first-order chi connectivity index (χ1) is 15.3. The molecular formula is C24H28N2O5S. The highest BCUT2D eigenvalue weighted by atomic mass is 32.2. The van der Waals surface area contributed by atoms with Gasteiger partial charge in [-0.1, -0.05) is 38.0 Å². The van der Waals surface area contributed by atoms with Crippen molar-refractivity contribution >= 4 is 27.5 Å². The number of sulfonamides is 1. The van der Waals surface area contributed by atoms with Gasteiger partial charge in [0.15, 0.2) is 0 Å². The molecule has 0 bridgehead atoms. The highest BCUT2D eigenvalue weighted by molar-refractivity contribution is 7.92. The first-order valence-electron chi connectivity index (χ1n) is 11.0. The first kappa shape index (κ1) is 22.3. The van der Waals surface area contributed by atoms with Crippen molar-refractivity contribution in [2.45, 2.75) is 50.5 Å². The monoisotopic (exact) mass is 456 g/mol. The van der Waals surface area contributed by atoms with Crippen molar-refractivity contribution in [3.8, 4) is 5.75 Å². The lowest BCUT2D eigenvalue weighted by Crippen LogP contribution is -2.30. The van der Waals surface area contributed by atoms with Crippen LogP contribution in [0.4, 0.5) is 5.69 Å². The standard InChI is InChI=1S/C24H28N2O5S/c1-3-16-7-6-8-18(13-16)25-32(29,30)22-14-17(11-12-21(22)31-2)15-26-23(27)19-9-4-5-10-20(19)24(26)28/h6-8,11-14,19-20,25H,3-5,9-10,15H2,1-2H3. The van der Waals surface area contributed by atoms with E-state index in [0.29, 0.717) is 11.3 Å². The largest absolute Gasteiger partial charge is 0.495 e. The number of nitrogens with one attached hydrogen (secondary N) is 1. The maximum absolute atomic E-state index is 13.2. The van der Waals surface area contributed by atoms with E-state index in [9.17, 15) is 18.0 Å². The third-order valence-corrected chi connectivity index (χ3v) is 7.78. The van der Waals surface area contributed by atoms with Crippen LogP contribution in [-0.2, 0) is 32.6 Å². The van der Waals surface area contributed by atoms with Crippen LogP contribution in [0.15, 0.2) is 47.4 Å². The molecule has 32 heavy (non-hydrogen) atoms. The first-order valence-corrected chi connectivity index (χ1v) is 12.5. The Morgan fingerprint density at radius 1 is 1.00 bits per heavy atom. The van der Waals surface area contributed by atoms with Crippen LogP contribution in [0, 0.1) is 11.8 Å². The molecule has 1 saturated heterocycles. The molecule has 1 heterocycles. The van der Waals surface area contributed by atoms with Gasteiger partial charge in [0.2, 0.25) is 11.8 Å². The van der Waals surface area contributed by atoms with Gasteiger partial charge < -0.3 is 4.74 Å². The summed E-state index contributed by atoms with van der Waals surface area (Å²) in [4.78, 5) is 26.9. The van der Waals surface area contributed by atoms with Gasteiger partial charge in [0.1, 0.15) is 10.6 Å². The molecule has 4 rings (SSSR count). The number of fused-ring (bicyclic) bond motifs is 1. The molecule has 2 aromatic rings. The molecular weight excluding hydrogens is 428 g/mol. The van der Waals surface area contributed by atoms with E-state index >= 15 is 0 Å². The summed E-state index contributed by atoms with van der Waals surface area (Å²) in [5.41, 5.74) is 2.04. The Kier molecular flexibility index (Phi) is 6.24. The summed E-state index contributed by atoms with van der Waals surface area (Å²) < 4.78 is 34.2. The predicted octanol–water partition coefficient (Wildman–Crippen LogP) is 3.73. The average molecular weight is 457 g/mol. The Labute approximate surface area is 188 Å². The number of hydrogen-bond acceptors (Lipinski definition) is 5. The average Bonchev–Trinajstić information content (AvgIpc) is 3.04. The molecule has 2 amide bonds. The lowest BCUT2D eigenvalue weighted by atomic mass is 9.81. The van der Waals surface area contributed by atoms with Crippen LogP contribution in [-0.4, -0.2) is 32.2 Å². The summed E-state index contributed by atoms with van der Waals surface area (Å²) in [7, 11) is -2.54. The van der Waals surface area contributed by atoms with Gasteiger partial charge in [-0.25, -0.2) is 8.42 Å². The fourth-order valence-corrected chi connectivity index (χ4v) is 5.93. The summed E-state index contributed by atoms with van der Waals surface area (Å²) in [5.74, 6) is -0.556. The molecule has 2 aromatic carbocycles. The van der Waals surface area contributed by atoms with Gasteiger partial charge in [-0.05, 0) is 54.7 Å². The third-order valence-electron chi connectivity index (χ3n) is 6.38. The molecule has 1 N–H and O–H groups in total. The summed E-state index contributed by atoms with van der Waals surface area (Å²) in [5, 5.41) is 0. The number of carbonyl (C=O) groups is 2. The minimum absolute atomic E-state index is 0.0316. The second-order valence-electron chi connectivity index (χ2n) is 8.40.